The van der Waals surface area contributed by atoms with Crippen LogP contribution in [0.1, 0.15) is 57.6 Å². The van der Waals surface area contributed by atoms with Gasteiger partial charge in [0, 0.05) is 37.3 Å². The second-order valence-corrected chi connectivity index (χ2v) is 13.7. The van der Waals surface area contributed by atoms with Crippen molar-refractivity contribution in [3.05, 3.63) is 93.7 Å². The summed E-state index contributed by atoms with van der Waals surface area (Å²) in [6, 6.07) is 15.2. The van der Waals surface area contributed by atoms with Gasteiger partial charge in [-0.05, 0) is 106 Å². The Morgan fingerprint density at radius 3 is 2.05 bits per heavy atom. The second kappa shape index (κ2) is 12.5. The van der Waals surface area contributed by atoms with Crippen LogP contribution in [0.4, 0.5) is 0 Å². The average Bonchev–Trinajstić information content (AvgIpc) is 3.47. The summed E-state index contributed by atoms with van der Waals surface area (Å²) in [6.45, 7) is 15.4. The van der Waals surface area contributed by atoms with Gasteiger partial charge in [-0.3, -0.25) is 4.79 Å². The van der Waals surface area contributed by atoms with Crippen LogP contribution in [0.5, 0.6) is 5.75 Å². The smallest absolute Gasteiger partial charge is 0.253 e. The second-order valence-electron chi connectivity index (χ2n) is 11.8. The summed E-state index contributed by atoms with van der Waals surface area (Å²) in [7, 11) is -3.68. The molecule has 1 aliphatic rings. The molecule has 3 aromatic carbocycles. The van der Waals surface area contributed by atoms with Gasteiger partial charge in [-0.1, -0.05) is 29.5 Å². The summed E-state index contributed by atoms with van der Waals surface area (Å²) in [5.41, 5.74) is 7.92. The number of carbonyl (C=O) groups excluding carboxylic acids is 1. The Kier molecular flexibility index (Phi) is 8.95. The number of sulfonamides is 1. The van der Waals surface area contributed by atoms with Gasteiger partial charge in [-0.15, -0.1) is 5.10 Å². The lowest BCUT2D eigenvalue weighted by Crippen LogP contribution is -2.50. The minimum Gasteiger partial charge on any atom is -0.490 e. The first-order chi connectivity index (χ1) is 20.9. The summed E-state index contributed by atoms with van der Waals surface area (Å²) in [5.74, 6) is 0.661. The number of benzene rings is 3. The van der Waals surface area contributed by atoms with Crippen molar-refractivity contribution in [1.82, 2.24) is 24.2 Å². The van der Waals surface area contributed by atoms with Crippen molar-refractivity contribution in [2.24, 2.45) is 0 Å². The topological polar surface area (TPSA) is 97.6 Å². The number of nitrogens with zero attached hydrogens (tertiary/aromatic N) is 5. The number of carbonyl (C=O) groups is 1. The van der Waals surface area contributed by atoms with E-state index in [9.17, 15) is 13.2 Å². The van der Waals surface area contributed by atoms with Crippen molar-refractivity contribution in [3.63, 3.8) is 0 Å². The Morgan fingerprint density at radius 2 is 1.43 bits per heavy atom. The number of para-hydroxylation sites is 1. The maximum absolute atomic E-state index is 13.7. The lowest BCUT2D eigenvalue weighted by molar-refractivity contribution is 0.0698. The van der Waals surface area contributed by atoms with Gasteiger partial charge in [-0.2, -0.15) is 4.31 Å². The van der Waals surface area contributed by atoms with Gasteiger partial charge in [0.2, 0.25) is 10.0 Å². The molecule has 0 saturated carbocycles. The van der Waals surface area contributed by atoms with Crippen LogP contribution >= 0.6 is 0 Å². The largest absolute Gasteiger partial charge is 0.490 e. The molecule has 232 valence electrons. The van der Waals surface area contributed by atoms with Crippen LogP contribution in [0, 0.1) is 34.6 Å². The number of rotatable bonds is 8. The molecule has 0 atom stereocenters. The van der Waals surface area contributed by atoms with Gasteiger partial charge >= 0.3 is 0 Å². The molecule has 1 aromatic heterocycles. The predicted octanol–water partition coefficient (Wildman–Crippen LogP) is 5.47. The number of aromatic nitrogens is 3. The first-order valence-corrected chi connectivity index (χ1v) is 16.4. The van der Waals surface area contributed by atoms with Gasteiger partial charge in [0.05, 0.1) is 23.7 Å². The standard InChI is InChI=1S/C34H41N5O4S/c1-22(2)43-32-11-9-8-10-30(32)31-21-38(36-35-31)20-28-12-14-29(15-13-28)34(40)37-16-18-39(19-17-37)44(41,42)33-26(6)24(4)23(3)25(5)27(33)7/h8-15,21-22H,16-20H2,1-7H3. The van der Waals surface area contributed by atoms with Gasteiger partial charge in [0.1, 0.15) is 11.4 Å². The third-order valence-electron chi connectivity index (χ3n) is 8.66. The molecule has 10 heteroatoms. The third-order valence-corrected chi connectivity index (χ3v) is 10.8. The molecule has 2 heterocycles. The zero-order chi connectivity index (χ0) is 31.8. The van der Waals surface area contributed by atoms with Crippen molar-refractivity contribution in [1.29, 1.82) is 0 Å². The molecule has 5 rings (SSSR count). The Bertz CT molecular complexity index is 1760. The maximum atomic E-state index is 13.7. The fourth-order valence-corrected chi connectivity index (χ4v) is 7.75. The number of amides is 1. The van der Waals surface area contributed by atoms with Gasteiger partial charge in [0.25, 0.3) is 5.91 Å². The molecular weight excluding hydrogens is 574 g/mol. The van der Waals surface area contributed by atoms with E-state index in [0.717, 1.165) is 50.4 Å². The highest BCUT2D eigenvalue weighted by molar-refractivity contribution is 7.89. The normalized spacial score (nSPS) is 14.3. The van der Waals surface area contributed by atoms with Gasteiger partial charge < -0.3 is 9.64 Å². The highest BCUT2D eigenvalue weighted by Gasteiger charge is 2.33. The monoisotopic (exact) mass is 615 g/mol. The molecule has 0 N–H and O–H groups in total. The first-order valence-electron chi connectivity index (χ1n) is 15.0. The molecular formula is C34H41N5O4S. The molecule has 1 aliphatic heterocycles. The lowest BCUT2D eigenvalue weighted by atomic mass is 9.95. The minimum atomic E-state index is -3.68. The first kappa shape index (κ1) is 31.4. The average molecular weight is 616 g/mol. The lowest BCUT2D eigenvalue weighted by Gasteiger charge is -2.35. The molecule has 0 spiro atoms. The highest BCUT2D eigenvalue weighted by Crippen LogP contribution is 2.32. The Hall–Kier alpha value is -4.02. The van der Waals surface area contributed by atoms with Crippen LogP contribution < -0.4 is 4.74 Å². The van der Waals surface area contributed by atoms with Crippen LogP contribution in [0.2, 0.25) is 0 Å². The predicted molar refractivity (Wildman–Crippen MR) is 172 cm³/mol. The quantitative estimate of drug-likeness (QED) is 0.261. The third kappa shape index (κ3) is 6.14. The van der Waals surface area contributed by atoms with Crippen LogP contribution in [-0.4, -0.2) is 70.8 Å². The number of piperazine rings is 1. The Balaban J connectivity index is 1.22. The van der Waals surface area contributed by atoms with Gasteiger partial charge in [0.15, 0.2) is 0 Å². The van der Waals surface area contributed by atoms with E-state index in [1.807, 2.05) is 103 Å². The molecule has 1 amide bonds. The van der Waals surface area contributed by atoms with Crippen LogP contribution in [0.3, 0.4) is 0 Å². The fourth-order valence-electron chi connectivity index (χ4n) is 5.77. The SMILES string of the molecule is Cc1c(C)c(C)c(S(=O)(=O)N2CCN(C(=O)c3ccc(Cn4cc(-c5ccccc5OC(C)C)nn4)cc3)CC2)c(C)c1C. The zero-order valence-electron chi connectivity index (χ0n) is 26.6. The van der Waals surface area contributed by atoms with Crippen LogP contribution in [0.15, 0.2) is 59.6 Å². The summed E-state index contributed by atoms with van der Waals surface area (Å²) >= 11 is 0. The van der Waals surface area contributed by atoms with Crippen molar-refractivity contribution in [3.8, 4) is 17.0 Å². The highest BCUT2D eigenvalue weighted by atomic mass is 32.2. The fraction of sp³-hybridized carbons (Fsp3) is 0.382. The van der Waals surface area contributed by atoms with E-state index in [1.165, 1.54) is 4.31 Å². The van der Waals surface area contributed by atoms with E-state index in [2.05, 4.69) is 10.3 Å². The Morgan fingerprint density at radius 1 is 0.841 bits per heavy atom. The number of hydrogen-bond donors (Lipinski definition) is 0. The molecule has 4 aromatic rings. The summed E-state index contributed by atoms with van der Waals surface area (Å²) in [5, 5.41) is 8.64. The van der Waals surface area contributed by atoms with E-state index in [1.54, 1.807) is 9.58 Å². The maximum Gasteiger partial charge on any atom is 0.253 e. The number of hydrogen-bond acceptors (Lipinski definition) is 6. The van der Waals surface area contributed by atoms with Crippen molar-refractivity contribution < 1.29 is 17.9 Å². The summed E-state index contributed by atoms with van der Waals surface area (Å²) in [4.78, 5) is 15.5. The molecule has 0 aliphatic carbocycles. The molecule has 1 fully saturated rings. The van der Waals surface area contributed by atoms with Crippen molar-refractivity contribution in [2.45, 2.75) is 66.0 Å². The summed E-state index contributed by atoms with van der Waals surface area (Å²) in [6.07, 6.45) is 1.93. The number of ether oxygens (including phenoxy) is 1. The van der Waals surface area contributed by atoms with E-state index in [-0.39, 0.29) is 25.1 Å². The van der Waals surface area contributed by atoms with Crippen LogP contribution in [0.25, 0.3) is 11.3 Å². The van der Waals surface area contributed by atoms with Gasteiger partial charge in [-0.25, -0.2) is 13.1 Å². The molecule has 44 heavy (non-hydrogen) atoms. The van der Waals surface area contributed by atoms with Crippen molar-refractivity contribution >= 4 is 15.9 Å². The van der Waals surface area contributed by atoms with E-state index in [4.69, 9.17) is 4.74 Å². The summed E-state index contributed by atoms with van der Waals surface area (Å²) < 4.78 is 36.7. The van der Waals surface area contributed by atoms with Crippen LogP contribution in [-0.2, 0) is 16.6 Å². The van der Waals surface area contributed by atoms with Crippen molar-refractivity contribution in [2.75, 3.05) is 26.2 Å². The molecule has 0 unspecified atom stereocenters. The minimum absolute atomic E-state index is 0.0465. The Labute approximate surface area is 260 Å². The molecule has 1 saturated heterocycles. The molecule has 9 nitrogen and oxygen atoms in total. The zero-order valence-corrected chi connectivity index (χ0v) is 27.4. The van der Waals surface area contributed by atoms with E-state index < -0.39 is 10.0 Å². The molecule has 0 radical (unpaired) electrons. The molecule has 0 bridgehead atoms. The van der Waals surface area contributed by atoms with E-state index in [0.29, 0.717) is 30.1 Å². The van der Waals surface area contributed by atoms with E-state index >= 15 is 0 Å².